The monoisotopic (exact) mass is 485 g/mol. The van der Waals surface area contributed by atoms with Gasteiger partial charge in [-0.1, -0.05) is 24.3 Å². The SMILES string of the molecule is C=CCn1c(=NC(=O)c2ccc(S(=O)(=O)N3CCCC(C)C3)cc2)sc2cc(OC)ccc21. The second-order valence-corrected chi connectivity index (χ2v) is 11.1. The van der Waals surface area contributed by atoms with E-state index >= 15 is 0 Å². The highest BCUT2D eigenvalue weighted by atomic mass is 32.2. The highest BCUT2D eigenvalue weighted by molar-refractivity contribution is 7.89. The zero-order chi connectivity index (χ0) is 23.6. The summed E-state index contributed by atoms with van der Waals surface area (Å²) in [5.74, 6) is 0.644. The van der Waals surface area contributed by atoms with Crippen LogP contribution in [0.25, 0.3) is 10.2 Å². The lowest BCUT2D eigenvalue weighted by molar-refractivity contribution is 0.0997. The van der Waals surface area contributed by atoms with E-state index in [9.17, 15) is 13.2 Å². The maximum atomic E-state index is 13.0. The number of carbonyl (C=O) groups excluding carboxylic acids is 1. The van der Waals surface area contributed by atoms with E-state index in [0.717, 1.165) is 28.8 Å². The summed E-state index contributed by atoms with van der Waals surface area (Å²) in [5, 5.41) is 0. The van der Waals surface area contributed by atoms with E-state index in [-0.39, 0.29) is 4.90 Å². The van der Waals surface area contributed by atoms with Gasteiger partial charge in [0.2, 0.25) is 10.0 Å². The topological polar surface area (TPSA) is 81.0 Å². The molecule has 1 fully saturated rings. The van der Waals surface area contributed by atoms with Crippen LogP contribution in [-0.4, -0.2) is 43.4 Å². The van der Waals surface area contributed by atoms with Crippen LogP contribution >= 0.6 is 11.3 Å². The van der Waals surface area contributed by atoms with Crippen molar-refractivity contribution in [3.63, 3.8) is 0 Å². The Kier molecular flexibility index (Phi) is 6.83. The smallest absolute Gasteiger partial charge is 0.279 e. The summed E-state index contributed by atoms with van der Waals surface area (Å²) in [5.41, 5.74) is 1.27. The number of sulfonamides is 1. The Morgan fingerprint density at radius 2 is 2.03 bits per heavy atom. The van der Waals surface area contributed by atoms with Crippen molar-refractivity contribution >= 4 is 37.5 Å². The fourth-order valence-corrected chi connectivity index (χ4v) is 6.67. The van der Waals surface area contributed by atoms with Gasteiger partial charge >= 0.3 is 0 Å². The van der Waals surface area contributed by atoms with E-state index in [4.69, 9.17) is 4.74 Å². The molecule has 0 spiro atoms. The number of fused-ring (bicyclic) bond motifs is 1. The van der Waals surface area contributed by atoms with Crippen molar-refractivity contribution in [2.45, 2.75) is 31.2 Å². The number of aromatic nitrogens is 1. The number of piperidine rings is 1. The minimum Gasteiger partial charge on any atom is -0.497 e. The average Bonchev–Trinajstić information content (AvgIpc) is 3.15. The van der Waals surface area contributed by atoms with Gasteiger partial charge in [0, 0.05) is 25.2 Å². The third kappa shape index (κ3) is 4.80. The molecule has 174 valence electrons. The van der Waals surface area contributed by atoms with Crippen LogP contribution in [0, 0.1) is 5.92 Å². The molecule has 2 heterocycles. The van der Waals surface area contributed by atoms with Gasteiger partial charge in [-0.25, -0.2) is 8.42 Å². The quantitative estimate of drug-likeness (QED) is 0.493. The van der Waals surface area contributed by atoms with Crippen LogP contribution in [0.2, 0.25) is 0 Å². The van der Waals surface area contributed by atoms with Crippen molar-refractivity contribution in [3.8, 4) is 5.75 Å². The standard InChI is InChI=1S/C24H27N3O4S2/c1-4-13-27-21-12-9-19(31-3)15-22(21)32-24(27)25-23(28)18-7-10-20(11-8-18)33(29,30)26-14-5-6-17(2)16-26/h4,7-12,15,17H,1,5-6,13-14,16H2,2-3H3. The van der Waals surface area contributed by atoms with Crippen molar-refractivity contribution < 1.29 is 17.9 Å². The molecule has 0 saturated carbocycles. The highest BCUT2D eigenvalue weighted by Crippen LogP contribution is 2.25. The molecular formula is C24H27N3O4S2. The number of methoxy groups -OCH3 is 1. The lowest BCUT2D eigenvalue weighted by Gasteiger charge is -2.30. The Balaban J connectivity index is 1.64. The molecule has 0 bridgehead atoms. The van der Waals surface area contributed by atoms with Crippen LogP contribution in [0.15, 0.2) is 65.0 Å². The third-order valence-electron chi connectivity index (χ3n) is 5.76. The van der Waals surface area contributed by atoms with Gasteiger partial charge in [0.15, 0.2) is 4.80 Å². The molecule has 1 unspecified atom stereocenters. The van der Waals surface area contributed by atoms with Crippen LogP contribution in [0.5, 0.6) is 5.75 Å². The van der Waals surface area contributed by atoms with Crippen LogP contribution in [0.4, 0.5) is 0 Å². The molecule has 7 nitrogen and oxygen atoms in total. The predicted molar refractivity (Wildman–Crippen MR) is 130 cm³/mol. The predicted octanol–water partition coefficient (Wildman–Crippen LogP) is 4.06. The van der Waals surface area contributed by atoms with Gasteiger partial charge < -0.3 is 9.30 Å². The first kappa shape index (κ1) is 23.4. The van der Waals surface area contributed by atoms with E-state index in [2.05, 4.69) is 18.5 Å². The second-order valence-electron chi connectivity index (χ2n) is 8.17. The van der Waals surface area contributed by atoms with E-state index in [1.807, 2.05) is 22.8 Å². The molecule has 0 N–H and O–H groups in total. The average molecular weight is 486 g/mol. The molecule has 9 heteroatoms. The molecule has 0 aliphatic carbocycles. The van der Waals surface area contributed by atoms with Crippen molar-refractivity contribution in [3.05, 3.63) is 65.5 Å². The van der Waals surface area contributed by atoms with E-state index in [0.29, 0.717) is 35.9 Å². The molecule has 1 aliphatic rings. The summed E-state index contributed by atoms with van der Waals surface area (Å²) >= 11 is 1.39. The Labute approximate surface area is 197 Å². The molecule has 4 rings (SSSR count). The third-order valence-corrected chi connectivity index (χ3v) is 8.68. The Hall–Kier alpha value is -2.75. The van der Waals surface area contributed by atoms with Crippen molar-refractivity contribution in [2.24, 2.45) is 10.9 Å². The van der Waals surface area contributed by atoms with Crippen LogP contribution < -0.4 is 9.54 Å². The van der Waals surface area contributed by atoms with Gasteiger partial charge in [-0.2, -0.15) is 9.30 Å². The van der Waals surface area contributed by atoms with Gasteiger partial charge in [-0.15, -0.1) is 6.58 Å². The van der Waals surface area contributed by atoms with Gasteiger partial charge in [0.1, 0.15) is 5.75 Å². The van der Waals surface area contributed by atoms with Gasteiger partial charge in [0.05, 0.1) is 22.2 Å². The first-order valence-electron chi connectivity index (χ1n) is 10.8. The van der Waals surface area contributed by atoms with E-state index in [1.54, 1.807) is 13.2 Å². The summed E-state index contributed by atoms with van der Waals surface area (Å²) in [6.07, 6.45) is 3.65. The lowest BCUT2D eigenvalue weighted by atomic mass is 10.0. The number of rotatable bonds is 6. The minimum absolute atomic E-state index is 0.198. The largest absolute Gasteiger partial charge is 0.497 e. The number of hydrogen-bond donors (Lipinski definition) is 0. The summed E-state index contributed by atoms with van der Waals surface area (Å²) < 4.78 is 35.6. The number of thiazole rings is 1. The maximum absolute atomic E-state index is 13.0. The number of nitrogens with zero attached hydrogens (tertiary/aromatic N) is 3. The molecule has 1 aliphatic heterocycles. The van der Waals surface area contributed by atoms with Crippen LogP contribution in [0.1, 0.15) is 30.1 Å². The fourth-order valence-electron chi connectivity index (χ4n) is 4.01. The number of ether oxygens (including phenoxy) is 1. The lowest BCUT2D eigenvalue weighted by Crippen LogP contribution is -2.39. The zero-order valence-corrected chi connectivity index (χ0v) is 20.4. The molecule has 1 saturated heterocycles. The number of benzene rings is 2. The van der Waals surface area contributed by atoms with E-state index in [1.165, 1.54) is 39.9 Å². The molecule has 0 radical (unpaired) electrons. The minimum atomic E-state index is -3.57. The van der Waals surface area contributed by atoms with Crippen molar-refractivity contribution in [1.82, 2.24) is 8.87 Å². The molecule has 1 atom stereocenters. The number of allylic oxidation sites excluding steroid dienone is 1. The normalized spacial score (nSPS) is 17.9. The number of amides is 1. The van der Waals surface area contributed by atoms with Crippen molar-refractivity contribution in [2.75, 3.05) is 20.2 Å². The van der Waals surface area contributed by atoms with Gasteiger partial charge in [-0.05, 0) is 61.2 Å². The maximum Gasteiger partial charge on any atom is 0.279 e. The number of carbonyl (C=O) groups is 1. The molecule has 2 aromatic carbocycles. The number of hydrogen-bond acceptors (Lipinski definition) is 5. The highest BCUT2D eigenvalue weighted by Gasteiger charge is 2.28. The zero-order valence-electron chi connectivity index (χ0n) is 18.7. The molecule has 1 amide bonds. The first-order chi connectivity index (χ1) is 15.8. The summed E-state index contributed by atoms with van der Waals surface area (Å²) in [6, 6.07) is 11.7. The van der Waals surface area contributed by atoms with Gasteiger partial charge in [-0.3, -0.25) is 4.79 Å². The van der Waals surface area contributed by atoms with E-state index < -0.39 is 15.9 Å². The molecule has 3 aromatic rings. The molecule has 33 heavy (non-hydrogen) atoms. The fraction of sp³-hybridized carbons (Fsp3) is 0.333. The summed E-state index contributed by atoms with van der Waals surface area (Å²) in [4.78, 5) is 18.0. The Morgan fingerprint density at radius 1 is 1.27 bits per heavy atom. The summed E-state index contributed by atoms with van der Waals surface area (Å²) in [7, 11) is -1.96. The summed E-state index contributed by atoms with van der Waals surface area (Å²) in [6.45, 7) is 7.43. The van der Waals surface area contributed by atoms with Crippen molar-refractivity contribution in [1.29, 1.82) is 0 Å². The second kappa shape index (κ2) is 9.62. The molecule has 1 aromatic heterocycles. The Bertz CT molecular complexity index is 1350. The van der Waals surface area contributed by atoms with Gasteiger partial charge in [0.25, 0.3) is 5.91 Å². The van der Waals surface area contributed by atoms with Crippen LogP contribution in [0.3, 0.4) is 0 Å². The first-order valence-corrected chi connectivity index (χ1v) is 13.1. The molecular weight excluding hydrogens is 458 g/mol. The Morgan fingerprint density at radius 3 is 2.70 bits per heavy atom. The van der Waals surface area contributed by atoms with Crippen LogP contribution in [-0.2, 0) is 16.6 Å².